The molecule has 3 aromatic rings. The van der Waals surface area contributed by atoms with E-state index in [1.54, 1.807) is 24.3 Å². The smallest absolute Gasteiger partial charge is 0.366 e. The van der Waals surface area contributed by atoms with Gasteiger partial charge in [0.05, 0.1) is 12.1 Å². The van der Waals surface area contributed by atoms with Crippen molar-refractivity contribution < 1.29 is 22.8 Å². The number of urea groups is 1. The quantitative estimate of drug-likeness (QED) is 0.145. The topological polar surface area (TPSA) is 124 Å². The number of amides is 3. The number of benzene rings is 3. The molecule has 1 aliphatic rings. The molecule has 0 spiro atoms. The van der Waals surface area contributed by atoms with Crippen LogP contribution < -0.4 is 16.0 Å². The molecule has 212 valence electrons. The van der Waals surface area contributed by atoms with Crippen LogP contribution in [0.2, 0.25) is 0 Å². The fraction of sp³-hybridized carbons (Fsp3) is 0.207. The lowest BCUT2D eigenvalue weighted by molar-refractivity contribution is -0.138. The van der Waals surface area contributed by atoms with Gasteiger partial charge in [-0.25, -0.2) is 10.3 Å². The molecule has 1 aliphatic carbocycles. The maximum atomic E-state index is 13.5. The molecule has 4 N–H and O–H groups in total. The van der Waals surface area contributed by atoms with Gasteiger partial charge in [0.15, 0.2) is 0 Å². The fourth-order valence-electron chi connectivity index (χ4n) is 4.38. The van der Waals surface area contributed by atoms with Gasteiger partial charge in [0.1, 0.15) is 0 Å². The second kappa shape index (κ2) is 12.9. The first kappa shape index (κ1) is 29.7. The number of carbonyl (C=O) groups is 2. The minimum Gasteiger partial charge on any atom is -0.366 e. The van der Waals surface area contributed by atoms with E-state index in [-0.39, 0.29) is 22.3 Å². The highest BCUT2D eigenvalue weighted by Gasteiger charge is 2.33. The molecule has 3 aromatic carbocycles. The normalized spacial score (nSPS) is 13.8. The maximum Gasteiger partial charge on any atom is 0.417 e. The molecule has 0 bridgehead atoms. The third kappa shape index (κ3) is 7.66. The van der Waals surface area contributed by atoms with E-state index in [9.17, 15) is 22.8 Å². The van der Waals surface area contributed by atoms with Crippen molar-refractivity contribution in [1.82, 2.24) is 0 Å². The number of halogens is 4. The summed E-state index contributed by atoms with van der Waals surface area (Å²) in [5, 5.41) is 5.47. The average Bonchev–Trinajstić information content (AvgIpc) is 2.97. The highest BCUT2D eigenvalue weighted by Crippen LogP contribution is 2.36. The monoisotopic (exact) mass is 626 g/mol. The van der Waals surface area contributed by atoms with Crippen molar-refractivity contribution in [3.8, 4) is 0 Å². The second-order valence-electron chi connectivity index (χ2n) is 9.31. The van der Waals surface area contributed by atoms with Gasteiger partial charge in [-0.15, -0.1) is 5.11 Å². The van der Waals surface area contributed by atoms with E-state index in [4.69, 9.17) is 11.3 Å². The van der Waals surface area contributed by atoms with E-state index < -0.39 is 29.6 Å². The molecule has 0 saturated heterocycles. The number of guanidine groups is 1. The molecule has 0 heterocycles. The van der Waals surface area contributed by atoms with Gasteiger partial charge in [-0.1, -0.05) is 46.3 Å². The molecule has 8 nitrogen and oxygen atoms in total. The Morgan fingerprint density at radius 2 is 1.73 bits per heavy atom. The zero-order chi connectivity index (χ0) is 29.6. The molecule has 4 rings (SSSR count). The Bertz CT molecular complexity index is 1500. The Morgan fingerprint density at radius 3 is 2.34 bits per heavy atom. The van der Waals surface area contributed by atoms with E-state index in [1.165, 1.54) is 34.7 Å². The summed E-state index contributed by atoms with van der Waals surface area (Å²) in [4.78, 5) is 30.6. The molecular weight excluding hydrogens is 601 g/mol. The summed E-state index contributed by atoms with van der Waals surface area (Å²) in [6.45, 7) is 0.0540. The van der Waals surface area contributed by atoms with Crippen molar-refractivity contribution in [1.29, 1.82) is 5.53 Å². The van der Waals surface area contributed by atoms with Crippen molar-refractivity contribution in [3.63, 3.8) is 0 Å². The number of nitrogens with zero attached hydrogens (tertiary/aromatic N) is 3. The van der Waals surface area contributed by atoms with E-state index in [1.807, 2.05) is 12.1 Å². The van der Waals surface area contributed by atoms with Crippen LogP contribution in [-0.4, -0.2) is 17.9 Å². The fourth-order valence-corrected chi connectivity index (χ4v) is 4.85. The first-order chi connectivity index (χ1) is 19.5. The minimum absolute atomic E-state index is 0.0179. The Labute approximate surface area is 242 Å². The standard InChI is InChI=1S/C29H26BrF3N6O2/c30-25-15-12-22(16-24(25)29(31,32)33)36-28(41)39(23-13-10-20(11-14-23)19-4-2-1-3-5-19)17-18-6-8-21(9-7-18)26(40)37-27(34)38-35/h4,6-16,35H,1-3,5,17H2,(H,36,41)(H2,34,37,40). The number of nitrogens with two attached hydrogens (primary N) is 1. The molecule has 0 aromatic heterocycles. The zero-order valence-electron chi connectivity index (χ0n) is 21.7. The molecule has 0 fully saturated rings. The van der Waals surface area contributed by atoms with Crippen LogP contribution >= 0.6 is 15.9 Å². The highest BCUT2D eigenvalue weighted by atomic mass is 79.9. The molecule has 0 saturated carbocycles. The van der Waals surface area contributed by atoms with Crippen LogP contribution in [0.1, 0.15) is 52.7 Å². The number of nitrogens with one attached hydrogen (secondary N) is 2. The lowest BCUT2D eigenvalue weighted by Crippen LogP contribution is -2.34. The van der Waals surface area contributed by atoms with Crippen LogP contribution in [-0.2, 0) is 12.7 Å². The number of alkyl halides is 3. The lowest BCUT2D eigenvalue weighted by Gasteiger charge is -2.24. The number of hydrogen-bond acceptors (Lipinski definition) is 3. The Kier molecular flexibility index (Phi) is 9.33. The van der Waals surface area contributed by atoms with Crippen LogP contribution in [0.3, 0.4) is 0 Å². The number of hydrogen-bond donors (Lipinski definition) is 3. The average molecular weight is 627 g/mol. The van der Waals surface area contributed by atoms with Gasteiger partial charge >= 0.3 is 12.2 Å². The number of carbonyl (C=O) groups excluding carboxylic acids is 2. The predicted octanol–water partition coefficient (Wildman–Crippen LogP) is 8.15. The number of anilines is 2. The lowest BCUT2D eigenvalue weighted by atomic mass is 9.93. The van der Waals surface area contributed by atoms with Gasteiger partial charge < -0.3 is 11.1 Å². The van der Waals surface area contributed by atoms with Crippen molar-refractivity contribution in [2.75, 3.05) is 10.2 Å². The van der Waals surface area contributed by atoms with E-state index >= 15 is 0 Å². The highest BCUT2D eigenvalue weighted by molar-refractivity contribution is 9.10. The first-order valence-electron chi connectivity index (χ1n) is 12.6. The van der Waals surface area contributed by atoms with Gasteiger partial charge in [-0.05, 0) is 84.8 Å². The van der Waals surface area contributed by atoms with Gasteiger partial charge in [0.2, 0.25) is 5.96 Å². The number of allylic oxidation sites excluding steroid dienone is 2. The number of rotatable bonds is 6. The van der Waals surface area contributed by atoms with Gasteiger partial charge in [0, 0.05) is 21.4 Å². The third-order valence-corrected chi connectivity index (χ3v) is 7.17. The Balaban J connectivity index is 1.62. The zero-order valence-corrected chi connectivity index (χ0v) is 23.3. The second-order valence-corrected chi connectivity index (χ2v) is 10.2. The molecule has 3 amide bonds. The maximum absolute atomic E-state index is 13.5. The minimum atomic E-state index is -4.61. The molecule has 0 unspecified atom stereocenters. The molecule has 41 heavy (non-hydrogen) atoms. The van der Waals surface area contributed by atoms with Crippen molar-refractivity contribution in [3.05, 3.63) is 99.5 Å². The Hall–Kier alpha value is -4.32. The molecule has 12 heteroatoms. The molecular formula is C29H26BrF3N6O2. The van der Waals surface area contributed by atoms with Gasteiger partial charge in [0.25, 0.3) is 5.91 Å². The summed E-state index contributed by atoms with van der Waals surface area (Å²) >= 11 is 2.91. The first-order valence-corrected chi connectivity index (χ1v) is 13.4. The summed E-state index contributed by atoms with van der Waals surface area (Å²) in [5.41, 5.74) is 14.9. The largest absolute Gasteiger partial charge is 0.417 e. The van der Waals surface area contributed by atoms with Crippen molar-refractivity contribution in [2.45, 2.75) is 38.4 Å². The van der Waals surface area contributed by atoms with Crippen molar-refractivity contribution >= 4 is 50.8 Å². The van der Waals surface area contributed by atoms with Crippen LogP contribution in [0.15, 0.2) is 87.4 Å². The number of aliphatic imine (C=N–C) groups is 1. The van der Waals surface area contributed by atoms with E-state index in [2.05, 4.69) is 37.4 Å². The summed E-state index contributed by atoms with van der Waals surface area (Å²) in [7, 11) is 0. The SMILES string of the molecule is N=NC(N)=NC(=O)c1ccc(CN(C(=O)Nc2ccc(Br)c(C(F)(F)F)c2)c2ccc(C3=CCCCC3)cc2)cc1. The summed E-state index contributed by atoms with van der Waals surface area (Å²) in [5.74, 6) is -1.15. The molecule has 0 atom stereocenters. The summed E-state index contributed by atoms with van der Waals surface area (Å²) in [6, 6.07) is 16.5. The van der Waals surface area contributed by atoms with E-state index in [0.29, 0.717) is 11.3 Å². The predicted molar refractivity (Wildman–Crippen MR) is 155 cm³/mol. The van der Waals surface area contributed by atoms with Crippen LogP contribution in [0.4, 0.5) is 29.3 Å². The molecule has 0 radical (unpaired) electrons. The Morgan fingerprint density at radius 1 is 1.02 bits per heavy atom. The van der Waals surface area contributed by atoms with Crippen LogP contribution in [0.25, 0.3) is 5.57 Å². The van der Waals surface area contributed by atoms with E-state index in [0.717, 1.165) is 37.3 Å². The molecule has 0 aliphatic heterocycles. The summed E-state index contributed by atoms with van der Waals surface area (Å²) < 4.78 is 40.2. The van der Waals surface area contributed by atoms with Crippen LogP contribution in [0, 0.1) is 5.53 Å². The van der Waals surface area contributed by atoms with Gasteiger partial charge in [-0.2, -0.15) is 18.2 Å². The summed E-state index contributed by atoms with van der Waals surface area (Å²) in [6.07, 6.45) is 1.88. The van der Waals surface area contributed by atoms with Gasteiger partial charge in [-0.3, -0.25) is 9.69 Å². The van der Waals surface area contributed by atoms with Crippen molar-refractivity contribution in [2.24, 2.45) is 15.8 Å². The van der Waals surface area contributed by atoms with Crippen LogP contribution in [0.5, 0.6) is 0 Å². The third-order valence-electron chi connectivity index (χ3n) is 6.48.